The third-order valence-corrected chi connectivity index (χ3v) is 12.3. The Morgan fingerprint density at radius 3 is 2.27 bits per heavy atom. The second-order valence-corrected chi connectivity index (χ2v) is 16.3. The van der Waals surface area contributed by atoms with Crippen LogP contribution in [-0.2, 0) is 35.1 Å². The quantitative estimate of drug-likeness (QED) is 0.0690. The summed E-state index contributed by atoms with van der Waals surface area (Å²) in [6.07, 6.45) is 2.82. The zero-order valence-electron chi connectivity index (χ0n) is 34.5. The first kappa shape index (κ1) is 43.4. The molecular weight excluding hydrogens is 793 g/mol. The number of benzene rings is 3. The molecule has 16 nitrogen and oxygen atoms in total. The van der Waals surface area contributed by atoms with Gasteiger partial charge in [-0.3, -0.25) is 24.2 Å². The summed E-state index contributed by atoms with van der Waals surface area (Å²) in [6.45, 7) is 0.462. The van der Waals surface area contributed by atoms with Crippen LogP contribution in [0.5, 0.6) is 0 Å². The molecule has 0 bridgehead atoms. The van der Waals surface area contributed by atoms with E-state index in [1.54, 1.807) is 6.20 Å². The van der Waals surface area contributed by atoms with Gasteiger partial charge in [0.1, 0.15) is 24.7 Å². The predicted octanol–water partition coefficient (Wildman–Crippen LogP) is 3.87. The van der Waals surface area contributed by atoms with Crippen LogP contribution in [0.4, 0.5) is 4.79 Å². The van der Waals surface area contributed by atoms with Crippen LogP contribution < -0.4 is 27.4 Å². The highest BCUT2D eigenvalue weighted by atomic mass is 16.5. The number of alkyl carbamates (subject to hydrolysis) is 1. The fourth-order valence-corrected chi connectivity index (χ4v) is 9.08. The first-order valence-electron chi connectivity index (χ1n) is 21.4. The lowest BCUT2D eigenvalue weighted by Crippen LogP contribution is -2.55. The third-order valence-electron chi connectivity index (χ3n) is 12.3. The molecule has 0 saturated carbocycles. The number of nitrogens with two attached hydrogens (primary N) is 2. The molecule has 4 aromatic rings. The summed E-state index contributed by atoms with van der Waals surface area (Å²) in [5, 5.41) is 19.4. The first-order chi connectivity index (χ1) is 30.0. The molecule has 1 aliphatic carbocycles. The standard InChI is InChI=1S/C46H54N8O8/c47-45(48)49-21-9-11-27-24-40(55)38(23-28-25-50-35-17-6-5-12-29(28)35)52-42(57)39-20-10-22-54(39)43(58)36(18-7-8-19-37(44(59)60)51-41(27)56)53-46(61)62-26-34-32-15-3-1-13-30(32)31-14-2-4-16-33(31)34/h1-6,12-17,25,27,34,36-39,50H,7-11,18-24,26H2,(H,51,56)(H,52,57)(H,53,61)(H,59,60)(H4,47,48,49)/t27-,36+,37+,38+,39?/m1/s1. The van der Waals surface area contributed by atoms with Crippen LogP contribution in [0.15, 0.2) is 84.0 Å². The van der Waals surface area contributed by atoms with E-state index in [1.165, 1.54) is 4.90 Å². The zero-order valence-corrected chi connectivity index (χ0v) is 34.5. The minimum Gasteiger partial charge on any atom is -0.480 e. The number of carboxylic acid groups (broad SMARTS) is 1. The van der Waals surface area contributed by atoms with Gasteiger partial charge in [-0.2, -0.15) is 0 Å². The van der Waals surface area contributed by atoms with Gasteiger partial charge in [0.2, 0.25) is 17.7 Å². The van der Waals surface area contributed by atoms with Crippen LogP contribution in [0.25, 0.3) is 22.0 Å². The number of guanidine groups is 1. The number of aliphatic carboxylic acids is 1. The van der Waals surface area contributed by atoms with Gasteiger partial charge < -0.3 is 47.1 Å². The first-order valence-corrected chi connectivity index (χ1v) is 21.4. The van der Waals surface area contributed by atoms with Crippen LogP contribution in [-0.4, -0.2) is 100 Å². The molecule has 7 rings (SSSR count). The summed E-state index contributed by atoms with van der Waals surface area (Å²) < 4.78 is 5.82. The van der Waals surface area contributed by atoms with Crippen LogP contribution >= 0.6 is 0 Å². The monoisotopic (exact) mass is 846 g/mol. The van der Waals surface area contributed by atoms with Crippen LogP contribution in [0.1, 0.15) is 80.4 Å². The maximum atomic E-state index is 14.4. The SMILES string of the molecule is NC(N)=NCCC[C@@H]1CC(=O)[C@H](Cc2c[nH]c3ccccc23)NC(=O)C2CCCN2C(=O)[C@@H](NC(=O)OCC2c3ccccc3-c3ccccc32)CCCC[C@@H](C(=O)O)NC1=O. The van der Waals surface area contributed by atoms with Crippen molar-refractivity contribution in [2.75, 3.05) is 19.7 Å². The lowest BCUT2D eigenvalue weighted by molar-refractivity contribution is -0.143. The lowest BCUT2D eigenvalue weighted by atomic mass is 9.90. The Morgan fingerprint density at radius 2 is 1.55 bits per heavy atom. The molecule has 2 fully saturated rings. The Balaban J connectivity index is 1.13. The van der Waals surface area contributed by atoms with E-state index in [9.17, 15) is 33.9 Å². The number of H-pyrrole nitrogens is 1. The number of aliphatic imine (C=N–C) groups is 1. The van der Waals surface area contributed by atoms with Crippen molar-refractivity contribution in [2.24, 2.45) is 22.4 Å². The number of carbonyl (C=O) groups excluding carboxylic acids is 5. The average Bonchev–Trinajstić information content (AvgIpc) is 4.00. The molecule has 2 saturated heterocycles. The van der Waals surface area contributed by atoms with E-state index in [-0.39, 0.29) is 70.1 Å². The van der Waals surface area contributed by atoms with Crippen molar-refractivity contribution in [3.63, 3.8) is 0 Å². The number of para-hydroxylation sites is 1. The van der Waals surface area contributed by atoms with Crippen molar-refractivity contribution >= 4 is 52.4 Å². The van der Waals surface area contributed by atoms with Crippen molar-refractivity contribution in [2.45, 2.75) is 94.3 Å². The highest BCUT2D eigenvalue weighted by Gasteiger charge is 2.40. The van der Waals surface area contributed by atoms with Gasteiger partial charge in [0.15, 0.2) is 11.7 Å². The van der Waals surface area contributed by atoms with Crippen molar-refractivity contribution in [1.29, 1.82) is 0 Å². The molecular formula is C46H54N8O8. The second-order valence-electron chi connectivity index (χ2n) is 16.3. The number of hydrogen-bond acceptors (Lipinski definition) is 8. The topological polar surface area (TPSA) is 251 Å². The summed E-state index contributed by atoms with van der Waals surface area (Å²) in [6, 6.07) is 19.0. The van der Waals surface area contributed by atoms with E-state index in [2.05, 4.69) is 25.9 Å². The van der Waals surface area contributed by atoms with E-state index in [4.69, 9.17) is 16.2 Å². The van der Waals surface area contributed by atoms with Gasteiger partial charge in [-0.05, 0) is 72.4 Å². The van der Waals surface area contributed by atoms with Crippen molar-refractivity contribution in [1.82, 2.24) is 25.8 Å². The molecule has 0 radical (unpaired) electrons. The van der Waals surface area contributed by atoms with E-state index in [0.717, 1.165) is 38.7 Å². The number of hydrogen-bond donors (Lipinski definition) is 7. The van der Waals surface area contributed by atoms with E-state index in [0.29, 0.717) is 25.7 Å². The molecule has 2 aliphatic heterocycles. The summed E-state index contributed by atoms with van der Waals surface area (Å²) >= 11 is 0. The Labute approximate surface area is 359 Å². The van der Waals surface area contributed by atoms with E-state index < -0.39 is 65.7 Å². The number of carbonyl (C=O) groups is 6. The number of ether oxygens (including phenoxy) is 1. The molecule has 0 spiro atoms. The average molecular weight is 847 g/mol. The number of carboxylic acids is 1. The van der Waals surface area contributed by atoms with Crippen molar-refractivity contribution in [3.05, 3.63) is 95.7 Å². The van der Waals surface area contributed by atoms with Crippen LogP contribution in [0.3, 0.4) is 0 Å². The van der Waals surface area contributed by atoms with Crippen molar-refractivity contribution in [3.8, 4) is 11.1 Å². The van der Waals surface area contributed by atoms with Gasteiger partial charge in [0, 0.05) is 54.9 Å². The lowest BCUT2D eigenvalue weighted by Gasteiger charge is -2.30. The van der Waals surface area contributed by atoms with Gasteiger partial charge in [-0.25, -0.2) is 9.59 Å². The number of aromatic amines is 1. The Bertz CT molecular complexity index is 2290. The number of amides is 4. The Morgan fingerprint density at radius 1 is 0.855 bits per heavy atom. The highest BCUT2D eigenvalue weighted by molar-refractivity contribution is 5.97. The second kappa shape index (κ2) is 19.8. The molecule has 4 amide bonds. The fraction of sp³-hybridized carbons (Fsp3) is 0.413. The predicted molar refractivity (Wildman–Crippen MR) is 232 cm³/mol. The molecule has 3 heterocycles. The largest absolute Gasteiger partial charge is 0.480 e. The van der Waals surface area contributed by atoms with Gasteiger partial charge in [0.05, 0.1) is 6.04 Å². The number of rotatable bonds is 10. The highest BCUT2D eigenvalue weighted by Crippen LogP contribution is 2.44. The molecule has 62 heavy (non-hydrogen) atoms. The van der Waals surface area contributed by atoms with E-state index >= 15 is 0 Å². The molecule has 5 atom stereocenters. The number of aromatic nitrogens is 1. The molecule has 9 N–H and O–H groups in total. The molecule has 1 aromatic heterocycles. The summed E-state index contributed by atoms with van der Waals surface area (Å²) in [4.78, 5) is 91.7. The van der Waals surface area contributed by atoms with E-state index in [1.807, 2.05) is 72.8 Å². The minimum absolute atomic E-state index is 0.0244. The number of ketones is 1. The number of fused-ring (bicyclic) bond motifs is 5. The summed E-state index contributed by atoms with van der Waals surface area (Å²) in [5.74, 6) is -4.61. The third kappa shape index (κ3) is 10.1. The molecule has 326 valence electrons. The van der Waals surface area contributed by atoms with Crippen molar-refractivity contribution < 1.29 is 38.6 Å². The zero-order chi connectivity index (χ0) is 43.8. The Kier molecular flexibility index (Phi) is 13.8. The van der Waals surface area contributed by atoms with Gasteiger partial charge >= 0.3 is 12.1 Å². The molecule has 16 heteroatoms. The minimum atomic E-state index is -1.29. The normalized spacial score (nSPS) is 22.5. The smallest absolute Gasteiger partial charge is 0.407 e. The Hall–Kier alpha value is -6.71. The fourth-order valence-electron chi connectivity index (χ4n) is 9.08. The van der Waals surface area contributed by atoms with Gasteiger partial charge in [-0.15, -0.1) is 0 Å². The van der Waals surface area contributed by atoms with Gasteiger partial charge in [-0.1, -0.05) is 79.6 Å². The molecule has 3 aromatic carbocycles. The molecule has 1 unspecified atom stereocenters. The van der Waals surface area contributed by atoms with Gasteiger partial charge in [0.25, 0.3) is 0 Å². The number of Topliss-reactive ketones (excluding diaryl/α,β-unsaturated/α-hetero) is 1. The summed E-state index contributed by atoms with van der Waals surface area (Å²) in [7, 11) is 0. The molecule has 3 aliphatic rings. The number of nitrogens with zero attached hydrogens (tertiary/aromatic N) is 2. The maximum Gasteiger partial charge on any atom is 0.407 e. The van der Waals surface area contributed by atoms with Crippen LogP contribution in [0.2, 0.25) is 0 Å². The maximum absolute atomic E-state index is 14.4. The summed E-state index contributed by atoms with van der Waals surface area (Å²) in [5.41, 5.74) is 16.8. The number of nitrogens with one attached hydrogen (secondary N) is 4. The van der Waals surface area contributed by atoms with Crippen LogP contribution in [0, 0.1) is 5.92 Å².